The number of rotatable bonds is 5. The van der Waals surface area contributed by atoms with Crippen molar-refractivity contribution in [3.05, 3.63) is 99.3 Å². The Bertz CT molecular complexity index is 1310. The number of likely N-dealkylation sites (tertiary alicyclic amines) is 1. The first-order valence-electron chi connectivity index (χ1n) is 12.5. The van der Waals surface area contributed by atoms with Crippen molar-refractivity contribution in [2.24, 2.45) is 0 Å². The lowest BCUT2D eigenvalue weighted by molar-refractivity contribution is -0.123. The van der Waals surface area contributed by atoms with Gasteiger partial charge in [-0.1, -0.05) is 59.6 Å². The molecule has 2 aliphatic heterocycles. The average molecular weight is 574 g/mol. The molecule has 9 heteroatoms. The van der Waals surface area contributed by atoms with Crippen LogP contribution in [-0.2, 0) is 10.5 Å². The Morgan fingerprint density at radius 1 is 0.895 bits per heavy atom. The van der Waals surface area contributed by atoms with Gasteiger partial charge in [0.25, 0.3) is 11.8 Å². The van der Waals surface area contributed by atoms with E-state index in [1.807, 2.05) is 47.4 Å². The molecule has 0 radical (unpaired) electrons. The molecule has 38 heavy (non-hydrogen) atoms. The molecule has 2 heterocycles. The maximum absolute atomic E-state index is 13.8. The van der Waals surface area contributed by atoms with Crippen LogP contribution in [0.15, 0.2) is 71.6 Å². The molecule has 0 atom stereocenters. The predicted octanol–water partition coefficient (Wildman–Crippen LogP) is 6.57. The molecule has 2 fully saturated rings. The maximum atomic E-state index is 13.8. The van der Waals surface area contributed by atoms with E-state index < -0.39 is 11.4 Å². The number of piperidine rings is 1. The lowest BCUT2D eigenvalue weighted by Gasteiger charge is -2.47. The minimum absolute atomic E-state index is 0.0171. The van der Waals surface area contributed by atoms with E-state index in [0.717, 1.165) is 16.0 Å². The molecule has 1 spiro atoms. The van der Waals surface area contributed by atoms with Crippen molar-refractivity contribution in [1.29, 1.82) is 0 Å². The predicted molar refractivity (Wildman–Crippen MR) is 149 cm³/mol. The van der Waals surface area contributed by atoms with Gasteiger partial charge in [-0.25, -0.2) is 4.39 Å². The summed E-state index contributed by atoms with van der Waals surface area (Å²) in [5.41, 5.74) is 1.45. The molecule has 5 nitrogen and oxygen atoms in total. The van der Waals surface area contributed by atoms with E-state index in [-0.39, 0.29) is 27.4 Å². The zero-order chi connectivity index (χ0) is 26.7. The van der Waals surface area contributed by atoms with Crippen LogP contribution in [0.25, 0.3) is 0 Å². The topological polar surface area (TPSA) is 49.9 Å². The highest BCUT2D eigenvalue weighted by molar-refractivity contribution is 7.98. The summed E-state index contributed by atoms with van der Waals surface area (Å²) in [6.45, 7) is 2.28. The first-order valence-corrected chi connectivity index (χ1v) is 14.2. The molecule has 198 valence electrons. The highest BCUT2D eigenvalue weighted by atomic mass is 35.5. The van der Waals surface area contributed by atoms with Crippen molar-refractivity contribution in [3.63, 3.8) is 0 Å². The van der Waals surface area contributed by atoms with Gasteiger partial charge in [-0.15, -0.1) is 11.8 Å². The molecule has 2 aliphatic rings. The number of morpholine rings is 1. The molecule has 0 bridgehead atoms. The molecule has 0 saturated carbocycles. The Balaban J connectivity index is 1.23. The van der Waals surface area contributed by atoms with E-state index in [1.165, 1.54) is 12.1 Å². The highest BCUT2D eigenvalue weighted by Crippen LogP contribution is 2.33. The Morgan fingerprint density at radius 3 is 2.26 bits per heavy atom. The summed E-state index contributed by atoms with van der Waals surface area (Å²) < 4.78 is 20.0. The highest BCUT2D eigenvalue weighted by Gasteiger charge is 2.42. The first-order chi connectivity index (χ1) is 18.3. The Morgan fingerprint density at radius 2 is 1.55 bits per heavy atom. The summed E-state index contributed by atoms with van der Waals surface area (Å²) in [6, 6.07) is 20.5. The third kappa shape index (κ3) is 5.86. The summed E-state index contributed by atoms with van der Waals surface area (Å²) in [5.74, 6) is -0.273. The minimum Gasteiger partial charge on any atom is -0.371 e. The number of amides is 2. The van der Waals surface area contributed by atoms with Crippen molar-refractivity contribution in [1.82, 2.24) is 9.80 Å². The van der Waals surface area contributed by atoms with Crippen LogP contribution in [0.1, 0.15) is 39.1 Å². The zero-order valence-electron chi connectivity index (χ0n) is 20.7. The number of benzene rings is 3. The first kappa shape index (κ1) is 27.0. The van der Waals surface area contributed by atoms with E-state index in [1.54, 1.807) is 16.7 Å². The van der Waals surface area contributed by atoms with Gasteiger partial charge < -0.3 is 14.5 Å². The van der Waals surface area contributed by atoms with Gasteiger partial charge in [0.15, 0.2) is 5.82 Å². The van der Waals surface area contributed by atoms with Crippen LogP contribution in [0, 0.1) is 5.82 Å². The summed E-state index contributed by atoms with van der Waals surface area (Å²) in [6.07, 6.45) is 1.24. The van der Waals surface area contributed by atoms with Gasteiger partial charge in [0, 0.05) is 41.4 Å². The molecule has 2 amide bonds. The lowest BCUT2D eigenvalue weighted by atomic mass is 9.88. The molecule has 2 saturated heterocycles. The third-order valence-electron chi connectivity index (χ3n) is 7.11. The van der Waals surface area contributed by atoms with Gasteiger partial charge in [-0.3, -0.25) is 9.59 Å². The lowest BCUT2D eigenvalue weighted by Crippen LogP contribution is -2.58. The second-order valence-corrected chi connectivity index (χ2v) is 11.4. The van der Waals surface area contributed by atoms with Crippen LogP contribution < -0.4 is 0 Å². The van der Waals surface area contributed by atoms with Gasteiger partial charge in [0.1, 0.15) is 0 Å². The van der Waals surface area contributed by atoms with Crippen LogP contribution in [0.4, 0.5) is 4.39 Å². The van der Waals surface area contributed by atoms with Gasteiger partial charge in [-0.05, 0) is 48.7 Å². The van der Waals surface area contributed by atoms with Crippen LogP contribution in [0.3, 0.4) is 0 Å². The monoisotopic (exact) mass is 572 g/mol. The second kappa shape index (κ2) is 11.7. The number of halogens is 3. The number of hydrogen-bond acceptors (Lipinski definition) is 4. The van der Waals surface area contributed by atoms with E-state index in [2.05, 4.69) is 12.1 Å². The van der Waals surface area contributed by atoms with Crippen LogP contribution in [0.2, 0.25) is 10.0 Å². The molecule has 0 N–H and O–H groups in total. The number of thioether (sulfide) groups is 1. The van der Waals surface area contributed by atoms with Gasteiger partial charge in [-0.2, -0.15) is 0 Å². The molecule has 0 aromatic heterocycles. The third-order valence-corrected chi connectivity index (χ3v) is 8.72. The van der Waals surface area contributed by atoms with E-state index in [0.29, 0.717) is 51.4 Å². The smallest absolute Gasteiger partial charge is 0.254 e. The maximum Gasteiger partial charge on any atom is 0.254 e. The molecule has 0 unspecified atom stereocenters. The molecular weight excluding hydrogens is 546 g/mol. The number of hydrogen-bond donors (Lipinski definition) is 0. The fourth-order valence-electron chi connectivity index (χ4n) is 5.00. The normalized spacial score (nSPS) is 17.0. The fourth-order valence-corrected chi connectivity index (χ4v) is 6.41. The van der Waals surface area contributed by atoms with Gasteiger partial charge in [0.2, 0.25) is 0 Å². The largest absolute Gasteiger partial charge is 0.371 e. The van der Waals surface area contributed by atoms with Crippen LogP contribution >= 0.6 is 35.0 Å². The minimum atomic E-state index is -0.736. The SMILES string of the molecule is O=C(c1cc(Cl)c(F)c(Cl)c1)N1CCOC2(CCN(C(=O)c3ccccc3CSc3ccccc3)CC2)C1. The van der Waals surface area contributed by atoms with Crippen LogP contribution in [-0.4, -0.2) is 60.0 Å². The van der Waals surface area contributed by atoms with Crippen molar-refractivity contribution in [2.75, 3.05) is 32.8 Å². The van der Waals surface area contributed by atoms with Crippen LogP contribution in [0.5, 0.6) is 0 Å². The summed E-state index contributed by atoms with van der Waals surface area (Å²) in [5, 5.41) is -0.365. The van der Waals surface area contributed by atoms with Crippen molar-refractivity contribution in [3.8, 4) is 0 Å². The van der Waals surface area contributed by atoms with E-state index >= 15 is 0 Å². The van der Waals surface area contributed by atoms with Gasteiger partial charge >= 0.3 is 0 Å². The van der Waals surface area contributed by atoms with E-state index in [9.17, 15) is 14.0 Å². The van der Waals surface area contributed by atoms with Gasteiger partial charge in [0.05, 0.1) is 28.8 Å². The quantitative estimate of drug-likeness (QED) is 0.256. The zero-order valence-corrected chi connectivity index (χ0v) is 23.0. The summed E-state index contributed by atoms with van der Waals surface area (Å²) in [4.78, 5) is 31.4. The molecule has 5 rings (SSSR count). The summed E-state index contributed by atoms with van der Waals surface area (Å²) in [7, 11) is 0. The number of carbonyl (C=O) groups is 2. The number of carbonyl (C=O) groups excluding carboxylic acids is 2. The second-order valence-electron chi connectivity index (χ2n) is 9.56. The standard InChI is InChI=1S/C29H27Cl2FN2O3S/c30-24-16-21(17-25(31)26(24)32)27(35)34-14-15-37-29(19-34)10-12-33(13-11-29)28(36)23-9-5-4-6-20(23)18-38-22-7-2-1-3-8-22/h1-9,16-17H,10-15,18-19H2. The fraction of sp³-hybridized carbons (Fsp3) is 0.310. The Hall–Kier alpha value is -2.58. The van der Waals surface area contributed by atoms with Crippen molar-refractivity contribution < 1.29 is 18.7 Å². The number of ether oxygens (including phenoxy) is 1. The Labute approximate surface area is 235 Å². The number of nitrogens with zero attached hydrogens (tertiary/aromatic N) is 2. The van der Waals surface area contributed by atoms with E-state index in [4.69, 9.17) is 27.9 Å². The molecule has 0 aliphatic carbocycles. The summed E-state index contributed by atoms with van der Waals surface area (Å²) >= 11 is 13.5. The molecule has 3 aromatic carbocycles. The average Bonchev–Trinajstić information content (AvgIpc) is 2.95. The van der Waals surface area contributed by atoms with Crippen molar-refractivity contribution >= 4 is 46.8 Å². The Kier molecular flexibility index (Phi) is 8.29. The molecule has 3 aromatic rings. The molecular formula is C29H27Cl2FN2O3S. The van der Waals surface area contributed by atoms with Crippen molar-refractivity contribution in [2.45, 2.75) is 29.1 Å².